The zero-order valence-electron chi connectivity index (χ0n) is 5.89. The lowest BCUT2D eigenvalue weighted by atomic mass is 10.2. The molecule has 2 N–H and O–H groups in total. The Balaban J connectivity index is 3.20. The van der Waals surface area contributed by atoms with Gasteiger partial charge in [-0.05, 0) is 13.3 Å². The molecule has 10 heavy (non-hydrogen) atoms. The highest BCUT2D eigenvalue weighted by Crippen LogP contribution is 1.94. The van der Waals surface area contributed by atoms with Crippen molar-refractivity contribution in [2.75, 3.05) is 0 Å². The first-order valence-corrected chi connectivity index (χ1v) is 3.09. The van der Waals surface area contributed by atoms with E-state index in [0.717, 1.165) is 0 Å². The lowest BCUT2D eigenvalue weighted by molar-refractivity contribution is -0.129. The minimum Gasteiger partial charge on any atom is -0.300 e. The third-order valence-electron chi connectivity index (χ3n) is 1.06. The first-order chi connectivity index (χ1) is 4.66. The van der Waals surface area contributed by atoms with Gasteiger partial charge in [0.1, 0.15) is 5.78 Å². The van der Waals surface area contributed by atoms with Crippen molar-refractivity contribution in [2.24, 2.45) is 0 Å². The molecule has 4 heteroatoms. The van der Waals surface area contributed by atoms with Gasteiger partial charge in [-0.25, -0.2) is 5.48 Å². The average Bonchev–Trinajstić information content (AvgIpc) is 1.87. The number of rotatable bonds is 4. The van der Waals surface area contributed by atoms with Crippen LogP contribution in [0.4, 0.5) is 0 Å². The van der Waals surface area contributed by atoms with E-state index in [1.165, 1.54) is 12.4 Å². The molecule has 0 aliphatic carbocycles. The van der Waals surface area contributed by atoms with E-state index < -0.39 is 5.91 Å². The van der Waals surface area contributed by atoms with E-state index in [9.17, 15) is 9.59 Å². The summed E-state index contributed by atoms with van der Waals surface area (Å²) in [5.41, 5.74) is 1.49. The van der Waals surface area contributed by atoms with Gasteiger partial charge in [0.2, 0.25) is 5.91 Å². The second kappa shape index (κ2) is 4.93. The fourth-order valence-corrected chi connectivity index (χ4v) is 0.554. The van der Waals surface area contributed by atoms with Crippen LogP contribution in [0.3, 0.4) is 0 Å². The maximum Gasteiger partial charge on any atom is 0.243 e. The van der Waals surface area contributed by atoms with Crippen molar-refractivity contribution in [3.8, 4) is 0 Å². The van der Waals surface area contributed by atoms with Gasteiger partial charge in [0, 0.05) is 12.8 Å². The predicted octanol–water partition coefficient (Wildman–Crippen LogP) is 0.251. The van der Waals surface area contributed by atoms with E-state index in [0.29, 0.717) is 12.8 Å². The van der Waals surface area contributed by atoms with Crippen LogP contribution in [0.25, 0.3) is 0 Å². The first kappa shape index (κ1) is 9.10. The van der Waals surface area contributed by atoms with Gasteiger partial charge in [-0.3, -0.25) is 10.0 Å². The molecule has 0 aliphatic rings. The maximum absolute atomic E-state index is 10.3. The highest BCUT2D eigenvalue weighted by atomic mass is 16.5. The summed E-state index contributed by atoms with van der Waals surface area (Å²) in [5.74, 6) is -0.382. The number of amides is 1. The molecule has 0 fully saturated rings. The summed E-state index contributed by atoms with van der Waals surface area (Å²) >= 11 is 0. The second-order valence-corrected chi connectivity index (χ2v) is 2.09. The number of ketones is 1. The molecule has 0 rings (SSSR count). The van der Waals surface area contributed by atoms with Crippen LogP contribution < -0.4 is 5.48 Å². The Morgan fingerprint density at radius 3 is 2.40 bits per heavy atom. The number of hydrogen-bond acceptors (Lipinski definition) is 3. The number of carbonyl (C=O) groups is 2. The number of carbonyl (C=O) groups excluding carboxylic acids is 2. The zero-order valence-corrected chi connectivity index (χ0v) is 5.89. The standard InChI is InChI=1S/C6H11NO3/c1-5(8)3-2-4-6(9)7-10/h10H,2-4H2,1H3,(H,7,9). The molecule has 0 saturated carbocycles. The van der Waals surface area contributed by atoms with Crippen LogP contribution in [0, 0.1) is 0 Å². The molecule has 0 spiro atoms. The molecule has 0 aromatic rings. The van der Waals surface area contributed by atoms with Crippen LogP contribution in [0.15, 0.2) is 0 Å². The Kier molecular flexibility index (Phi) is 4.49. The monoisotopic (exact) mass is 145 g/mol. The van der Waals surface area contributed by atoms with Crippen molar-refractivity contribution in [1.29, 1.82) is 0 Å². The minimum absolute atomic E-state index is 0.0609. The fraction of sp³-hybridized carbons (Fsp3) is 0.667. The molecule has 0 unspecified atom stereocenters. The summed E-state index contributed by atoms with van der Waals surface area (Å²) in [6.07, 6.45) is 1.10. The quantitative estimate of drug-likeness (QED) is 0.440. The number of Topliss-reactive ketones (excluding diaryl/α,β-unsaturated/α-hetero) is 1. The van der Waals surface area contributed by atoms with E-state index in [4.69, 9.17) is 5.21 Å². The van der Waals surface area contributed by atoms with Crippen LogP contribution >= 0.6 is 0 Å². The summed E-state index contributed by atoms with van der Waals surface area (Å²) in [5, 5.41) is 8.02. The van der Waals surface area contributed by atoms with Crippen molar-refractivity contribution < 1.29 is 14.8 Å². The maximum atomic E-state index is 10.3. The largest absolute Gasteiger partial charge is 0.300 e. The lowest BCUT2D eigenvalue weighted by Gasteiger charge is -1.94. The minimum atomic E-state index is -0.443. The predicted molar refractivity (Wildman–Crippen MR) is 34.5 cm³/mol. The molecule has 0 radical (unpaired) electrons. The molecular weight excluding hydrogens is 134 g/mol. The molecule has 0 heterocycles. The normalized spacial score (nSPS) is 9.00. The molecule has 0 atom stereocenters. The Hall–Kier alpha value is -0.900. The molecule has 0 saturated heterocycles. The summed E-state index contributed by atoms with van der Waals surface area (Å²) in [7, 11) is 0. The molecule has 0 aromatic heterocycles. The van der Waals surface area contributed by atoms with Crippen LogP contribution in [-0.2, 0) is 9.59 Å². The van der Waals surface area contributed by atoms with Crippen LogP contribution in [-0.4, -0.2) is 16.9 Å². The third-order valence-corrected chi connectivity index (χ3v) is 1.06. The van der Waals surface area contributed by atoms with E-state index in [-0.39, 0.29) is 12.2 Å². The SMILES string of the molecule is CC(=O)CCCC(=O)NO. The van der Waals surface area contributed by atoms with Gasteiger partial charge < -0.3 is 4.79 Å². The van der Waals surface area contributed by atoms with Gasteiger partial charge in [0.25, 0.3) is 0 Å². The van der Waals surface area contributed by atoms with Gasteiger partial charge in [-0.15, -0.1) is 0 Å². The van der Waals surface area contributed by atoms with Gasteiger partial charge in [-0.1, -0.05) is 0 Å². The smallest absolute Gasteiger partial charge is 0.243 e. The highest BCUT2D eigenvalue weighted by molar-refractivity contribution is 5.77. The van der Waals surface area contributed by atoms with Crippen LogP contribution in [0.2, 0.25) is 0 Å². The van der Waals surface area contributed by atoms with Gasteiger partial charge in [-0.2, -0.15) is 0 Å². The second-order valence-electron chi connectivity index (χ2n) is 2.09. The molecule has 58 valence electrons. The average molecular weight is 145 g/mol. The van der Waals surface area contributed by atoms with E-state index in [1.807, 2.05) is 0 Å². The third kappa shape index (κ3) is 5.24. The number of nitrogens with one attached hydrogen (secondary N) is 1. The van der Waals surface area contributed by atoms with Gasteiger partial charge >= 0.3 is 0 Å². The molecule has 0 bridgehead atoms. The van der Waals surface area contributed by atoms with Gasteiger partial charge in [0.05, 0.1) is 0 Å². The Bertz CT molecular complexity index is 133. The molecule has 4 nitrogen and oxygen atoms in total. The summed E-state index contributed by atoms with van der Waals surface area (Å²) in [6.45, 7) is 1.47. The van der Waals surface area contributed by atoms with Crippen molar-refractivity contribution >= 4 is 11.7 Å². The van der Waals surface area contributed by atoms with E-state index in [2.05, 4.69) is 0 Å². The summed E-state index contributed by atoms with van der Waals surface area (Å²) in [4.78, 5) is 20.6. The molecule has 0 aliphatic heterocycles. The van der Waals surface area contributed by atoms with Crippen molar-refractivity contribution in [2.45, 2.75) is 26.2 Å². The number of hydrogen-bond donors (Lipinski definition) is 2. The van der Waals surface area contributed by atoms with Crippen LogP contribution in [0.5, 0.6) is 0 Å². The van der Waals surface area contributed by atoms with E-state index in [1.54, 1.807) is 0 Å². The first-order valence-electron chi connectivity index (χ1n) is 3.09. The Labute approximate surface area is 59.2 Å². The highest BCUT2D eigenvalue weighted by Gasteiger charge is 1.99. The summed E-state index contributed by atoms with van der Waals surface area (Å²) < 4.78 is 0. The molecular formula is C6H11NO3. The van der Waals surface area contributed by atoms with Crippen molar-refractivity contribution in [3.63, 3.8) is 0 Å². The summed E-state index contributed by atoms with van der Waals surface area (Å²) in [6, 6.07) is 0. The van der Waals surface area contributed by atoms with Crippen LogP contribution in [0.1, 0.15) is 26.2 Å². The zero-order chi connectivity index (χ0) is 7.98. The Morgan fingerprint density at radius 1 is 1.40 bits per heavy atom. The molecule has 1 amide bonds. The van der Waals surface area contributed by atoms with Crippen molar-refractivity contribution in [3.05, 3.63) is 0 Å². The fourth-order valence-electron chi connectivity index (χ4n) is 0.554. The number of hydroxylamine groups is 1. The Morgan fingerprint density at radius 2 is 2.00 bits per heavy atom. The lowest BCUT2D eigenvalue weighted by Crippen LogP contribution is -2.18. The topological polar surface area (TPSA) is 66.4 Å². The van der Waals surface area contributed by atoms with Crippen molar-refractivity contribution in [1.82, 2.24) is 5.48 Å². The van der Waals surface area contributed by atoms with E-state index >= 15 is 0 Å². The van der Waals surface area contributed by atoms with Gasteiger partial charge in [0.15, 0.2) is 0 Å². The molecule has 0 aromatic carbocycles.